The minimum absolute atomic E-state index is 0.149. The molecule has 0 aromatic heterocycles. The van der Waals surface area contributed by atoms with Crippen molar-refractivity contribution in [1.29, 1.82) is 0 Å². The predicted molar refractivity (Wildman–Crippen MR) is 97.3 cm³/mol. The van der Waals surface area contributed by atoms with Crippen LogP contribution in [0.5, 0.6) is 5.75 Å². The van der Waals surface area contributed by atoms with E-state index in [0.29, 0.717) is 23.3 Å². The van der Waals surface area contributed by atoms with E-state index < -0.39 is 11.7 Å². The van der Waals surface area contributed by atoms with Crippen molar-refractivity contribution in [2.75, 3.05) is 6.61 Å². The summed E-state index contributed by atoms with van der Waals surface area (Å²) in [7, 11) is 0. The quantitative estimate of drug-likeness (QED) is 0.686. The number of alkyl carbamates (subject to hydrolysis) is 1. The molecule has 1 unspecified atom stereocenters. The van der Waals surface area contributed by atoms with Gasteiger partial charge in [0.1, 0.15) is 18.0 Å². The van der Waals surface area contributed by atoms with Crippen molar-refractivity contribution in [1.82, 2.24) is 5.32 Å². The summed E-state index contributed by atoms with van der Waals surface area (Å²) in [6, 6.07) is 5.28. The summed E-state index contributed by atoms with van der Waals surface area (Å²) < 4.78 is 12.0. The zero-order valence-electron chi connectivity index (χ0n) is 14.3. The van der Waals surface area contributed by atoms with Gasteiger partial charge in [0, 0.05) is 4.47 Å². The van der Waals surface area contributed by atoms with Crippen molar-refractivity contribution < 1.29 is 14.3 Å². The van der Waals surface area contributed by atoms with Crippen molar-refractivity contribution in [3.8, 4) is 5.75 Å². The number of halogens is 2. The molecule has 0 aliphatic heterocycles. The van der Waals surface area contributed by atoms with E-state index in [0.717, 1.165) is 10.9 Å². The van der Waals surface area contributed by atoms with Gasteiger partial charge in [0.25, 0.3) is 0 Å². The molecule has 1 amide bonds. The number of ether oxygens (including phenoxy) is 2. The van der Waals surface area contributed by atoms with Crippen LogP contribution < -0.4 is 10.1 Å². The highest BCUT2D eigenvalue weighted by Crippen LogP contribution is 2.28. The molecule has 0 fully saturated rings. The molecule has 1 atom stereocenters. The van der Waals surface area contributed by atoms with Gasteiger partial charge in [-0.2, -0.15) is 0 Å². The van der Waals surface area contributed by atoms with Gasteiger partial charge in [-0.15, -0.1) is 0 Å². The van der Waals surface area contributed by atoms with Crippen molar-refractivity contribution in [2.45, 2.75) is 52.7 Å². The average Bonchev–Trinajstić information content (AvgIpc) is 2.34. The van der Waals surface area contributed by atoms with Gasteiger partial charge >= 0.3 is 6.09 Å². The molecule has 0 bridgehead atoms. The smallest absolute Gasteiger partial charge is 0.407 e. The zero-order chi connectivity index (χ0) is 17.6. The summed E-state index contributed by atoms with van der Waals surface area (Å²) in [6.07, 6.45) is 0.349. The van der Waals surface area contributed by atoms with Gasteiger partial charge in [0.15, 0.2) is 0 Å². The molecule has 1 aromatic carbocycles. The number of nitrogens with one attached hydrogen (secondary N) is 1. The number of hydrogen-bond acceptors (Lipinski definition) is 3. The molecule has 6 heteroatoms. The summed E-state index contributed by atoms with van der Waals surface area (Å²) in [5.74, 6) is 1.01. The fraction of sp³-hybridized carbons (Fsp3) is 0.588. The lowest BCUT2D eigenvalue weighted by atomic mass is 10.0. The lowest BCUT2D eigenvalue weighted by Crippen LogP contribution is -2.42. The first-order valence-corrected chi connectivity index (χ1v) is 8.81. The van der Waals surface area contributed by atoms with E-state index in [-0.39, 0.29) is 6.04 Å². The normalized spacial score (nSPS) is 12.9. The number of hydrogen-bond donors (Lipinski definition) is 1. The molecule has 0 heterocycles. The van der Waals surface area contributed by atoms with Crippen LogP contribution in [0, 0.1) is 5.92 Å². The Labute approximate surface area is 152 Å². The number of rotatable bonds is 6. The van der Waals surface area contributed by atoms with Gasteiger partial charge in [-0.3, -0.25) is 0 Å². The molecule has 0 spiro atoms. The number of amides is 1. The van der Waals surface area contributed by atoms with Crippen LogP contribution in [0.1, 0.15) is 41.0 Å². The van der Waals surface area contributed by atoms with E-state index in [1.165, 1.54) is 0 Å². The molecule has 0 aliphatic carbocycles. The third-order valence-electron chi connectivity index (χ3n) is 2.81. The third-order valence-corrected chi connectivity index (χ3v) is 3.60. The second-order valence-electron chi connectivity index (χ2n) is 6.86. The van der Waals surface area contributed by atoms with Gasteiger partial charge in [0.05, 0.1) is 11.1 Å². The Morgan fingerprint density at radius 1 is 1.35 bits per heavy atom. The van der Waals surface area contributed by atoms with Crippen LogP contribution in [0.15, 0.2) is 22.7 Å². The molecule has 1 N–H and O–H groups in total. The highest BCUT2D eigenvalue weighted by atomic mass is 79.9. The molecular weight excluding hydrogens is 382 g/mol. The first-order chi connectivity index (χ1) is 10.6. The van der Waals surface area contributed by atoms with Crippen molar-refractivity contribution >= 4 is 33.6 Å². The topological polar surface area (TPSA) is 47.6 Å². The van der Waals surface area contributed by atoms with Crippen molar-refractivity contribution in [3.63, 3.8) is 0 Å². The molecular formula is C17H25BrClNO3. The maximum Gasteiger partial charge on any atom is 0.407 e. The highest BCUT2D eigenvalue weighted by molar-refractivity contribution is 9.10. The lowest BCUT2D eigenvalue weighted by molar-refractivity contribution is 0.0480. The molecule has 0 saturated carbocycles. The molecule has 0 aliphatic rings. The van der Waals surface area contributed by atoms with E-state index >= 15 is 0 Å². The van der Waals surface area contributed by atoms with E-state index in [9.17, 15) is 4.79 Å². The third kappa shape index (κ3) is 8.47. The highest BCUT2D eigenvalue weighted by Gasteiger charge is 2.21. The van der Waals surface area contributed by atoms with E-state index in [4.69, 9.17) is 21.1 Å². The molecule has 1 aromatic rings. The first-order valence-electron chi connectivity index (χ1n) is 7.64. The Morgan fingerprint density at radius 3 is 2.52 bits per heavy atom. The van der Waals surface area contributed by atoms with Crippen molar-refractivity contribution in [3.05, 3.63) is 27.7 Å². The summed E-state index contributed by atoms with van der Waals surface area (Å²) in [5.41, 5.74) is -0.525. The van der Waals surface area contributed by atoms with Crippen LogP contribution in [0.4, 0.5) is 4.79 Å². The largest absolute Gasteiger partial charge is 0.490 e. The predicted octanol–water partition coefficient (Wildman–Crippen LogP) is 5.42. The van der Waals surface area contributed by atoms with Crippen molar-refractivity contribution in [2.24, 2.45) is 5.92 Å². The van der Waals surface area contributed by atoms with Crippen LogP contribution in [0.3, 0.4) is 0 Å². The Morgan fingerprint density at radius 2 is 2.00 bits per heavy atom. The Hall–Kier alpha value is -0.940. The summed E-state index contributed by atoms with van der Waals surface area (Å²) in [6.45, 7) is 10.0. The van der Waals surface area contributed by atoms with Gasteiger partial charge in [-0.25, -0.2) is 4.79 Å². The second kappa shape index (κ2) is 8.78. The zero-order valence-corrected chi connectivity index (χ0v) is 16.6. The number of carbonyl (C=O) groups is 1. The summed E-state index contributed by atoms with van der Waals surface area (Å²) in [5, 5.41) is 3.40. The molecule has 130 valence electrons. The molecule has 0 saturated heterocycles. The second-order valence-corrected chi connectivity index (χ2v) is 8.18. The molecule has 1 rings (SSSR count). The fourth-order valence-corrected chi connectivity index (χ4v) is 2.72. The van der Waals surface area contributed by atoms with Crippen LogP contribution in [-0.4, -0.2) is 24.3 Å². The summed E-state index contributed by atoms with van der Waals surface area (Å²) in [4.78, 5) is 12.0. The van der Waals surface area contributed by atoms with Gasteiger partial charge in [-0.1, -0.05) is 41.4 Å². The number of benzene rings is 1. The van der Waals surface area contributed by atoms with Crippen LogP contribution in [0.2, 0.25) is 5.02 Å². The standard InChI is InChI=1S/C17H25BrClNO3/c1-11(2)8-13(20-16(21)23-17(3,4)5)10-22-15-7-6-12(18)9-14(15)19/h6-7,9,11,13H,8,10H2,1-5H3,(H,20,21). The van der Waals surface area contributed by atoms with Gasteiger partial charge in [-0.05, 0) is 51.3 Å². The minimum atomic E-state index is -0.525. The number of carbonyl (C=O) groups excluding carboxylic acids is 1. The molecule has 23 heavy (non-hydrogen) atoms. The first kappa shape index (κ1) is 20.1. The van der Waals surface area contributed by atoms with Gasteiger partial charge < -0.3 is 14.8 Å². The minimum Gasteiger partial charge on any atom is -0.490 e. The fourth-order valence-electron chi connectivity index (χ4n) is 1.99. The maximum atomic E-state index is 12.0. The van der Waals surface area contributed by atoms with Crippen LogP contribution >= 0.6 is 27.5 Å². The lowest BCUT2D eigenvalue weighted by Gasteiger charge is -2.25. The Bertz CT molecular complexity index is 529. The van der Waals surface area contributed by atoms with E-state index in [1.807, 2.05) is 26.8 Å². The molecule has 4 nitrogen and oxygen atoms in total. The van der Waals surface area contributed by atoms with E-state index in [1.54, 1.807) is 12.1 Å². The van der Waals surface area contributed by atoms with E-state index in [2.05, 4.69) is 35.1 Å². The Balaban J connectivity index is 2.65. The summed E-state index contributed by atoms with van der Waals surface area (Å²) >= 11 is 9.50. The van der Waals surface area contributed by atoms with Crippen LogP contribution in [0.25, 0.3) is 0 Å². The molecule has 0 radical (unpaired) electrons. The maximum absolute atomic E-state index is 12.0. The average molecular weight is 407 g/mol. The SMILES string of the molecule is CC(C)CC(COc1ccc(Br)cc1Cl)NC(=O)OC(C)(C)C. The Kier molecular flexibility index (Phi) is 7.68. The van der Waals surface area contributed by atoms with Crippen LogP contribution in [-0.2, 0) is 4.74 Å². The monoisotopic (exact) mass is 405 g/mol. The van der Waals surface area contributed by atoms with Gasteiger partial charge in [0.2, 0.25) is 0 Å².